The van der Waals surface area contributed by atoms with Crippen LogP contribution in [0.3, 0.4) is 0 Å². The predicted octanol–water partition coefficient (Wildman–Crippen LogP) is -1.35. The number of amides is 3. The van der Waals surface area contributed by atoms with E-state index in [-0.39, 0.29) is 102 Å². The second kappa shape index (κ2) is 47.6. The van der Waals surface area contributed by atoms with Crippen LogP contribution in [0.25, 0.3) is 0 Å². The number of ketones is 3. The molecule has 0 saturated heterocycles. The summed E-state index contributed by atoms with van der Waals surface area (Å²) in [7, 11) is 0. The Balaban J connectivity index is 3.20. The van der Waals surface area contributed by atoms with Crippen LogP contribution in [-0.2, 0) is 57.2 Å². The number of unbranched alkanes of at least 4 members (excludes halogenated alkanes) is 1. The summed E-state index contributed by atoms with van der Waals surface area (Å²) in [6, 6.07) is -2.32. The molecule has 1 aromatic rings. The average Bonchev–Trinajstić information content (AvgIpc) is 3.55. The van der Waals surface area contributed by atoms with Gasteiger partial charge in [0.1, 0.15) is 0 Å². The molecular formula is C53H95N15O16. The minimum absolute atomic E-state index is 0.0245. The van der Waals surface area contributed by atoms with Crippen LogP contribution >= 0.6 is 0 Å². The molecule has 1 aromatic heterocycles. The fourth-order valence-electron chi connectivity index (χ4n) is 8.00. The molecule has 21 N–H and O–H groups in total. The number of aromatic nitrogens is 2. The van der Waals surface area contributed by atoms with E-state index in [1.165, 1.54) is 0 Å². The first kappa shape index (κ1) is 75.3. The number of aliphatic imine (C=N–C) groups is 2. The Kier molecular flexibility index (Phi) is 42.7. The third-order valence-electron chi connectivity index (χ3n) is 12.4. The summed E-state index contributed by atoms with van der Waals surface area (Å²) in [5, 5.41) is 26.8. The second-order valence-corrected chi connectivity index (χ2v) is 19.5. The standard InChI is InChI=1S/C53H95N15O16/c54-17-7-23-80-27-31-83-30-26-79-22-2-1-14-40(69)38(12-5-19-63-52(58)59)65-50(77)37(11-4-16-44(74)75)35-42(71)45-47(56)68-46(48(57)67-45)51(78)66-39(13-6-20-64-53(60)61)41(70)34-36(10-3-15-43(72)73)49(76)62-21-9-25-82-29-33-84-32-28-81-24-8-18-55/h36-39H,1-35,54-55H2,(H2,56,68)(H2,57,67)(H,62,76)(H,65,77)(H,66,78)(H,72,73)(H,74,75)(H4,58,59,63)(H4,60,61,64)/t36?,37-,38?,39+/m1/s1. The SMILES string of the molecule is NCCCOCCOCCOCCCCC(=O)C(CCCN=C(N)N)NC(=O)[C@H](CCCC(=O)O)CC(=O)c1nc(N)c(C(=O)N[C@@H](CCCN=C(N)N)C(=O)CC(CCCC(=O)O)C(=O)NCCCOCCOCCOCCCN)nc1N. The molecule has 1 rings (SSSR count). The molecule has 0 fully saturated rings. The summed E-state index contributed by atoms with van der Waals surface area (Å²) in [5.41, 5.74) is 44.2. The van der Waals surface area contributed by atoms with Crippen molar-refractivity contribution < 1.29 is 77.0 Å². The quantitative estimate of drug-likeness (QED) is 0.0155. The van der Waals surface area contributed by atoms with Crippen LogP contribution < -0.4 is 61.8 Å². The van der Waals surface area contributed by atoms with Gasteiger partial charge in [0.05, 0.1) is 64.9 Å². The molecule has 0 aromatic carbocycles. The van der Waals surface area contributed by atoms with Gasteiger partial charge in [-0.05, 0) is 96.6 Å². The summed E-state index contributed by atoms with van der Waals surface area (Å²) in [6.07, 6.45) is 1.90. The van der Waals surface area contributed by atoms with Gasteiger partial charge in [0.25, 0.3) is 5.91 Å². The lowest BCUT2D eigenvalue weighted by atomic mass is 9.91. The monoisotopic (exact) mass is 1200 g/mol. The highest BCUT2D eigenvalue weighted by atomic mass is 16.5. The van der Waals surface area contributed by atoms with E-state index in [9.17, 15) is 48.6 Å². The molecule has 4 atom stereocenters. The van der Waals surface area contributed by atoms with Gasteiger partial charge in [-0.15, -0.1) is 0 Å². The lowest BCUT2D eigenvalue weighted by Crippen LogP contribution is -2.44. The molecule has 0 spiro atoms. The maximum absolute atomic E-state index is 14.1. The van der Waals surface area contributed by atoms with E-state index in [0.29, 0.717) is 118 Å². The molecule has 0 bridgehead atoms. The fourth-order valence-corrected chi connectivity index (χ4v) is 8.00. The molecule has 2 unspecified atom stereocenters. The van der Waals surface area contributed by atoms with Crippen LogP contribution in [0.5, 0.6) is 0 Å². The number of anilines is 2. The highest BCUT2D eigenvalue weighted by Crippen LogP contribution is 2.23. The Labute approximate surface area is 490 Å². The van der Waals surface area contributed by atoms with Gasteiger partial charge in [0, 0.05) is 90.0 Å². The van der Waals surface area contributed by atoms with Crippen LogP contribution in [0.15, 0.2) is 9.98 Å². The Hall–Kier alpha value is -6.74. The second-order valence-electron chi connectivity index (χ2n) is 19.5. The predicted molar refractivity (Wildman–Crippen MR) is 311 cm³/mol. The molecule has 0 aliphatic rings. The molecule has 1 heterocycles. The largest absolute Gasteiger partial charge is 0.481 e. The van der Waals surface area contributed by atoms with Gasteiger partial charge in [0.15, 0.2) is 52.3 Å². The van der Waals surface area contributed by atoms with Gasteiger partial charge in [-0.1, -0.05) is 0 Å². The summed E-state index contributed by atoms with van der Waals surface area (Å²) in [6.45, 7) is 6.31. The van der Waals surface area contributed by atoms with E-state index >= 15 is 0 Å². The van der Waals surface area contributed by atoms with Gasteiger partial charge in [-0.25, -0.2) is 9.97 Å². The number of guanidine groups is 2. The Morgan fingerprint density at radius 3 is 1.37 bits per heavy atom. The van der Waals surface area contributed by atoms with Crippen molar-refractivity contribution in [1.82, 2.24) is 25.9 Å². The minimum atomic E-state index is -1.29. The van der Waals surface area contributed by atoms with Gasteiger partial charge in [-0.2, -0.15) is 0 Å². The number of nitrogen functional groups attached to an aromatic ring is 2. The molecule has 31 heteroatoms. The van der Waals surface area contributed by atoms with E-state index in [4.69, 9.17) is 74.3 Å². The van der Waals surface area contributed by atoms with Gasteiger partial charge in [-0.3, -0.25) is 48.3 Å². The number of nitrogens with two attached hydrogens (primary N) is 8. The van der Waals surface area contributed by atoms with Crippen LogP contribution in [0.1, 0.15) is 137 Å². The zero-order valence-corrected chi connectivity index (χ0v) is 48.6. The number of carbonyl (C=O) groups excluding carboxylic acids is 6. The highest BCUT2D eigenvalue weighted by molar-refractivity contribution is 6.04. The first-order valence-electron chi connectivity index (χ1n) is 28.6. The highest BCUT2D eigenvalue weighted by Gasteiger charge is 2.32. The first-order chi connectivity index (χ1) is 40.3. The Bertz CT molecular complexity index is 2170. The molecule has 31 nitrogen and oxygen atoms in total. The average molecular weight is 1200 g/mol. The van der Waals surface area contributed by atoms with Crippen LogP contribution in [0.4, 0.5) is 11.6 Å². The molecule has 0 aliphatic heterocycles. The van der Waals surface area contributed by atoms with Gasteiger partial charge >= 0.3 is 11.9 Å². The van der Waals surface area contributed by atoms with Gasteiger partial charge < -0.3 is 100 Å². The molecule has 0 aliphatic carbocycles. The third-order valence-corrected chi connectivity index (χ3v) is 12.4. The minimum Gasteiger partial charge on any atom is -0.481 e. The smallest absolute Gasteiger partial charge is 0.303 e. The van der Waals surface area contributed by atoms with Crippen molar-refractivity contribution in [3.63, 3.8) is 0 Å². The molecule has 84 heavy (non-hydrogen) atoms. The number of Topliss-reactive ketones (excluding diaryl/α,β-unsaturated/α-hetero) is 3. The topological polar surface area (TPSA) is 527 Å². The first-order valence-corrected chi connectivity index (χ1v) is 28.6. The molecule has 478 valence electrons. The number of hydrogen-bond acceptors (Lipinski definition) is 22. The van der Waals surface area contributed by atoms with E-state index in [1.54, 1.807) is 0 Å². The zero-order valence-electron chi connectivity index (χ0n) is 48.6. The molecular weight excluding hydrogens is 1100 g/mol. The number of carboxylic acid groups (broad SMARTS) is 2. The summed E-state index contributed by atoms with van der Waals surface area (Å²) >= 11 is 0. The van der Waals surface area contributed by atoms with E-state index in [0.717, 1.165) is 12.8 Å². The number of nitrogens with zero attached hydrogens (tertiary/aromatic N) is 4. The van der Waals surface area contributed by atoms with Crippen molar-refractivity contribution in [2.24, 2.45) is 56.2 Å². The number of aliphatic carboxylic acids is 2. The van der Waals surface area contributed by atoms with Crippen LogP contribution in [0, 0.1) is 11.8 Å². The lowest BCUT2D eigenvalue weighted by molar-refractivity contribution is -0.138. The van der Waals surface area contributed by atoms with Crippen molar-refractivity contribution in [2.75, 3.05) is 123 Å². The number of ether oxygens (including phenoxy) is 6. The molecule has 3 amide bonds. The number of rotatable bonds is 55. The van der Waals surface area contributed by atoms with Crippen LogP contribution in [0.2, 0.25) is 0 Å². The van der Waals surface area contributed by atoms with Crippen molar-refractivity contribution in [1.29, 1.82) is 0 Å². The van der Waals surface area contributed by atoms with Crippen molar-refractivity contribution in [3.05, 3.63) is 11.4 Å². The van der Waals surface area contributed by atoms with E-state index < -0.39 is 101 Å². The fraction of sp³-hybridized carbons (Fsp3) is 0.736. The summed E-state index contributed by atoms with van der Waals surface area (Å²) in [4.78, 5) is 122. The van der Waals surface area contributed by atoms with E-state index in [1.807, 2.05) is 0 Å². The van der Waals surface area contributed by atoms with Crippen molar-refractivity contribution in [3.8, 4) is 0 Å². The number of nitrogens with one attached hydrogen (secondary N) is 3. The normalized spacial score (nSPS) is 12.5. The third kappa shape index (κ3) is 37.5. The van der Waals surface area contributed by atoms with Crippen molar-refractivity contribution >= 4 is 70.6 Å². The number of hydrogen-bond donors (Lipinski definition) is 13. The maximum atomic E-state index is 14.1. The maximum Gasteiger partial charge on any atom is 0.303 e. The molecule has 0 saturated carbocycles. The summed E-state index contributed by atoms with van der Waals surface area (Å²) in [5.74, 6) is -9.99. The Morgan fingerprint density at radius 2 is 0.893 bits per heavy atom. The van der Waals surface area contributed by atoms with E-state index in [2.05, 4.69) is 35.9 Å². The Morgan fingerprint density at radius 1 is 0.464 bits per heavy atom. The number of carboxylic acids is 2. The zero-order chi connectivity index (χ0) is 62.3. The van der Waals surface area contributed by atoms with Gasteiger partial charge in [0.2, 0.25) is 11.8 Å². The van der Waals surface area contributed by atoms with Crippen molar-refractivity contribution in [2.45, 2.75) is 128 Å². The summed E-state index contributed by atoms with van der Waals surface area (Å²) < 4.78 is 32.9. The number of carbonyl (C=O) groups is 8. The molecule has 0 radical (unpaired) electrons. The lowest BCUT2D eigenvalue weighted by Gasteiger charge is -2.22. The van der Waals surface area contributed by atoms with Crippen LogP contribution in [-0.4, -0.2) is 203 Å².